The summed E-state index contributed by atoms with van der Waals surface area (Å²) in [4.78, 5) is 24.3. The van der Waals surface area contributed by atoms with E-state index in [2.05, 4.69) is 0 Å². The molecule has 2 heterocycles. The maximum absolute atomic E-state index is 11.6. The molecule has 1 amide bonds. The number of carboxylic acid groups (broad SMARTS) is 2. The van der Waals surface area contributed by atoms with Crippen molar-refractivity contribution in [2.45, 2.75) is 57.5 Å². The summed E-state index contributed by atoms with van der Waals surface area (Å²) in [6.45, 7) is 1.96. The molecule has 5 heteroatoms. The van der Waals surface area contributed by atoms with E-state index in [-0.39, 0.29) is 12.1 Å². The quantitative estimate of drug-likeness (QED) is 0.793. The molecule has 0 radical (unpaired) electrons. The van der Waals surface area contributed by atoms with E-state index in [0.29, 0.717) is 25.7 Å². The molecule has 3 unspecified atom stereocenters. The first kappa shape index (κ1) is 12.2. The van der Waals surface area contributed by atoms with Crippen molar-refractivity contribution in [1.29, 1.82) is 0 Å². The Balaban J connectivity index is 2.34. The predicted molar refractivity (Wildman–Crippen MR) is 60.9 cm³/mol. The fraction of sp³-hybridized carbons (Fsp3) is 0.833. The molecule has 2 rings (SSSR count). The first-order valence-corrected chi connectivity index (χ1v) is 6.27. The van der Waals surface area contributed by atoms with Crippen LogP contribution < -0.4 is 0 Å². The highest BCUT2D eigenvalue weighted by Gasteiger charge is 2.56. The van der Waals surface area contributed by atoms with Gasteiger partial charge >= 0.3 is 12.1 Å². The van der Waals surface area contributed by atoms with E-state index in [1.54, 1.807) is 0 Å². The summed E-state index contributed by atoms with van der Waals surface area (Å²) in [6, 6.07) is -0.280. The van der Waals surface area contributed by atoms with E-state index in [9.17, 15) is 19.8 Å². The minimum absolute atomic E-state index is 0.0434. The molecule has 0 saturated carbocycles. The van der Waals surface area contributed by atoms with Gasteiger partial charge in [0.25, 0.3) is 0 Å². The van der Waals surface area contributed by atoms with Gasteiger partial charge in [0.05, 0.1) is 11.5 Å². The molecular weight excluding hydrogens is 222 g/mol. The van der Waals surface area contributed by atoms with Gasteiger partial charge in [0, 0.05) is 6.04 Å². The third kappa shape index (κ3) is 1.68. The second-order valence-electron chi connectivity index (χ2n) is 5.19. The van der Waals surface area contributed by atoms with Crippen LogP contribution in [0.5, 0.6) is 0 Å². The van der Waals surface area contributed by atoms with Crippen LogP contribution in [0.1, 0.15) is 45.4 Å². The Morgan fingerprint density at radius 3 is 2.53 bits per heavy atom. The fourth-order valence-corrected chi connectivity index (χ4v) is 3.68. The van der Waals surface area contributed by atoms with Gasteiger partial charge in [-0.15, -0.1) is 0 Å². The van der Waals surface area contributed by atoms with Crippen LogP contribution >= 0.6 is 0 Å². The number of carboxylic acids is 1. The summed E-state index contributed by atoms with van der Waals surface area (Å²) in [5.41, 5.74) is -0.847. The number of fused-ring (bicyclic) bond motifs is 2. The van der Waals surface area contributed by atoms with Gasteiger partial charge in [-0.25, -0.2) is 4.79 Å². The van der Waals surface area contributed by atoms with Crippen LogP contribution in [0, 0.1) is 5.41 Å². The zero-order valence-corrected chi connectivity index (χ0v) is 10.1. The Morgan fingerprint density at radius 2 is 2.00 bits per heavy atom. The van der Waals surface area contributed by atoms with Crippen LogP contribution in [-0.4, -0.2) is 39.3 Å². The Bertz CT molecular complexity index is 343. The average molecular weight is 241 g/mol. The number of amides is 1. The lowest BCUT2D eigenvalue weighted by molar-refractivity contribution is -0.156. The average Bonchev–Trinajstić information content (AvgIpc) is 2.60. The van der Waals surface area contributed by atoms with Gasteiger partial charge in [-0.3, -0.25) is 4.79 Å². The van der Waals surface area contributed by atoms with Crippen molar-refractivity contribution in [2.24, 2.45) is 5.41 Å². The molecule has 0 spiro atoms. The van der Waals surface area contributed by atoms with E-state index in [1.165, 1.54) is 4.90 Å². The lowest BCUT2D eigenvalue weighted by Gasteiger charge is -2.45. The maximum Gasteiger partial charge on any atom is 0.407 e. The second-order valence-corrected chi connectivity index (χ2v) is 5.19. The summed E-state index contributed by atoms with van der Waals surface area (Å²) in [6.07, 6.45) is 3.22. The number of aliphatic carboxylic acids is 1. The first-order chi connectivity index (χ1) is 8.03. The van der Waals surface area contributed by atoms with Crippen LogP contribution in [0.25, 0.3) is 0 Å². The fourth-order valence-electron chi connectivity index (χ4n) is 3.68. The number of hydrogen-bond acceptors (Lipinski definition) is 2. The Labute approximate surface area is 100 Å². The van der Waals surface area contributed by atoms with E-state index >= 15 is 0 Å². The van der Waals surface area contributed by atoms with Crippen molar-refractivity contribution < 1.29 is 19.8 Å². The summed E-state index contributed by atoms with van der Waals surface area (Å²) >= 11 is 0. The van der Waals surface area contributed by atoms with Crippen molar-refractivity contribution in [3.8, 4) is 0 Å². The largest absolute Gasteiger partial charge is 0.481 e. The lowest BCUT2D eigenvalue weighted by Crippen LogP contribution is -2.56. The Kier molecular flexibility index (Phi) is 3.02. The van der Waals surface area contributed by atoms with Crippen molar-refractivity contribution in [2.75, 3.05) is 0 Å². The highest BCUT2D eigenvalue weighted by atomic mass is 16.4. The Morgan fingerprint density at radius 1 is 1.29 bits per heavy atom. The number of nitrogens with zero attached hydrogens (tertiary/aromatic N) is 1. The van der Waals surface area contributed by atoms with Gasteiger partial charge in [0.2, 0.25) is 0 Å². The van der Waals surface area contributed by atoms with E-state index in [0.717, 1.165) is 12.8 Å². The van der Waals surface area contributed by atoms with Crippen molar-refractivity contribution in [3.63, 3.8) is 0 Å². The molecule has 0 aromatic heterocycles. The molecule has 2 aliphatic heterocycles. The van der Waals surface area contributed by atoms with Crippen LogP contribution in [0.4, 0.5) is 4.79 Å². The van der Waals surface area contributed by atoms with Crippen LogP contribution in [0.15, 0.2) is 0 Å². The molecule has 2 fully saturated rings. The minimum Gasteiger partial charge on any atom is -0.481 e. The topological polar surface area (TPSA) is 77.8 Å². The normalized spacial score (nSPS) is 35.9. The summed E-state index contributed by atoms with van der Waals surface area (Å²) < 4.78 is 0. The lowest BCUT2D eigenvalue weighted by atomic mass is 9.71. The van der Waals surface area contributed by atoms with Gasteiger partial charge in [0.1, 0.15) is 0 Å². The molecule has 2 saturated heterocycles. The van der Waals surface area contributed by atoms with Gasteiger partial charge < -0.3 is 15.1 Å². The smallest absolute Gasteiger partial charge is 0.407 e. The second kappa shape index (κ2) is 4.20. The zero-order chi connectivity index (χ0) is 12.6. The maximum atomic E-state index is 11.6. The number of rotatable bonds is 3. The number of piperidine rings is 1. The van der Waals surface area contributed by atoms with Crippen molar-refractivity contribution in [1.82, 2.24) is 4.90 Å². The molecule has 0 aromatic rings. The number of hydrogen-bond donors (Lipinski definition) is 2. The van der Waals surface area contributed by atoms with Crippen LogP contribution in [0.2, 0.25) is 0 Å². The summed E-state index contributed by atoms with van der Waals surface area (Å²) in [5.74, 6) is -0.823. The van der Waals surface area contributed by atoms with E-state index < -0.39 is 17.5 Å². The molecule has 0 aromatic carbocycles. The van der Waals surface area contributed by atoms with Gasteiger partial charge in [-0.2, -0.15) is 0 Å². The third-order valence-electron chi connectivity index (χ3n) is 4.41. The standard InChI is InChI=1S/C12H19NO4/c1-2-6-12(10(14)15)7-5-8-3-4-9(12)13(8)11(16)17/h8-9H,2-7H2,1H3,(H,14,15)(H,16,17). The van der Waals surface area contributed by atoms with Crippen molar-refractivity contribution in [3.05, 3.63) is 0 Å². The molecule has 3 atom stereocenters. The molecule has 0 aliphatic carbocycles. The summed E-state index contributed by atoms with van der Waals surface area (Å²) in [7, 11) is 0. The minimum atomic E-state index is -0.959. The summed E-state index contributed by atoms with van der Waals surface area (Å²) in [5, 5.41) is 18.8. The van der Waals surface area contributed by atoms with Gasteiger partial charge in [0.15, 0.2) is 0 Å². The highest BCUT2D eigenvalue weighted by molar-refractivity contribution is 5.78. The SMILES string of the molecule is CCCC1(C(=O)O)CCC2CCC1N2C(=O)O. The molecule has 2 bridgehead atoms. The van der Waals surface area contributed by atoms with Crippen LogP contribution in [0.3, 0.4) is 0 Å². The van der Waals surface area contributed by atoms with Gasteiger partial charge in [-0.05, 0) is 32.1 Å². The number of carbonyl (C=O) groups is 2. The highest BCUT2D eigenvalue weighted by Crippen LogP contribution is 2.49. The third-order valence-corrected chi connectivity index (χ3v) is 4.41. The zero-order valence-electron chi connectivity index (χ0n) is 10.1. The van der Waals surface area contributed by atoms with E-state index in [4.69, 9.17) is 0 Å². The monoisotopic (exact) mass is 241 g/mol. The van der Waals surface area contributed by atoms with Crippen molar-refractivity contribution >= 4 is 12.1 Å². The van der Waals surface area contributed by atoms with Gasteiger partial charge in [-0.1, -0.05) is 13.3 Å². The molecule has 17 heavy (non-hydrogen) atoms. The predicted octanol–water partition coefficient (Wildman–Crippen LogP) is 2.16. The molecule has 5 nitrogen and oxygen atoms in total. The molecular formula is C12H19NO4. The molecule has 2 N–H and O–H groups in total. The van der Waals surface area contributed by atoms with E-state index in [1.807, 2.05) is 6.92 Å². The Hall–Kier alpha value is -1.26. The van der Waals surface area contributed by atoms with Crippen LogP contribution in [-0.2, 0) is 4.79 Å². The molecule has 2 aliphatic rings. The first-order valence-electron chi connectivity index (χ1n) is 6.27. The molecule has 96 valence electrons.